The predicted octanol–water partition coefficient (Wildman–Crippen LogP) is 0.324. The fraction of sp³-hybridized carbons (Fsp3) is 0.389. The highest BCUT2D eigenvalue weighted by Gasteiger charge is 2.24. The molecule has 1 aromatic carbocycles. The fourth-order valence-corrected chi connectivity index (χ4v) is 3.43. The molecule has 2 aromatic rings. The minimum Gasteiger partial charge on any atom is -0.384 e. The molecule has 0 unspecified atom stereocenters. The van der Waals surface area contributed by atoms with Crippen LogP contribution in [0.3, 0.4) is 0 Å². The summed E-state index contributed by atoms with van der Waals surface area (Å²) in [6.45, 7) is 2.91. The molecule has 144 valence electrons. The molecule has 9 heteroatoms. The number of nitrogens with zero attached hydrogens (tertiary/aromatic N) is 4. The van der Waals surface area contributed by atoms with Crippen molar-refractivity contribution in [1.82, 2.24) is 14.0 Å². The molecule has 0 saturated carbocycles. The minimum absolute atomic E-state index is 0.0844. The van der Waals surface area contributed by atoms with Crippen LogP contribution in [-0.2, 0) is 14.1 Å². The summed E-state index contributed by atoms with van der Waals surface area (Å²) in [6, 6.07) is 7.66. The summed E-state index contributed by atoms with van der Waals surface area (Å²) in [5.74, 6) is -0.467. The van der Waals surface area contributed by atoms with Crippen LogP contribution in [0.5, 0.6) is 0 Å². The number of nitrogens with two attached hydrogens (primary N) is 1. The van der Waals surface area contributed by atoms with Gasteiger partial charge in [-0.1, -0.05) is 17.7 Å². The van der Waals surface area contributed by atoms with E-state index in [1.807, 2.05) is 29.2 Å². The molecular weight excluding hydrogens is 370 g/mol. The minimum atomic E-state index is -0.654. The van der Waals surface area contributed by atoms with Gasteiger partial charge in [0.2, 0.25) is 0 Å². The number of ketones is 1. The van der Waals surface area contributed by atoms with Gasteiger partial charge in [-0.25, -0.2) is 4.79 Å². The van der Waals surface area contributed by atoms with Gasteiger partial charge in [-0.2, -0.15) is 0 Å². The van der Waals surface area contributed by atoms with Crippen molar-refractivity contribution in [3.63, 3.8) is 0 Å². The predicted molar refractivity (Wildman–Crippen MR) is 106 cm³/mol. The first-order valence-electron chi connectivity index (χ1n) is 8.61. The normalized spacial score (nSPS) is 15.1. The number of rotatable bonds is 4. The maximum Gasteiger partial charge on any atom is 0.332 e. The maximum absolute atomic E-state index is 12.7. The van der Waals surface area contributed by atoms with Crippen LogP contribution in [0.2, 0.25) is 5.02 Å². The van der Waals surface area contributed by atoms with Crippen molar-refractivity contribution >= 4 is 28.9 Å². The second-order valence-electron chi connectivity index (χ2n) is 6.63. The monoisotopic (exact) mass is 391 g/mol. The first kappa shape index (κ1) is 19.2. The molecule has 27 heavy (non-hydrogen) atoms. The van der Waals surface area contributed by atoms with Gasteiger partial charge in [0.15, 0.2) is 5.78 Å². The van der Waals surface area contributed by atoms with E-state index in [0.717, 1.165) is 27.9 Å². The van der Waals surface area contributed by atoms with Gasteiger partial charge in [0.1, 0.15) is 11.4 Å². The van der Waals surface area contributed by atoms with E-state index in [0.29, 0.717) is 18.1 Å². The lowest BCUT2D eigenvalue weighted by Gasteiger charge is -2.35. The summed E-state index contributed by atoms with van der Waals surface area (Å²) in [6.07, 6.45) is 0. The Balaban J connectivity index is 1.70. The Morgan fingerprint density at radius 3 is 2.41 bits per heavy atom. The molecule has 0 spiro atoms. The van der Waals surface area contributed by atoms with E-state index in [1.165, 1.54) is 14.1 Å². The molecular formula is C18H22ClN5O3. The highest BCUT2D eigenvalue weighted by molar-refractivity contribution is 6.30. The summed E-state index contributed by atoms with van der Waals surface area (Å²) >= 11 is 6.05. The molecule has 1 aromatic heterocycles. The van der Waals surface area contributed by atoms with Crippen molar-refractivity contribution in [1.29, 1.82) is 0 Å². The van der Waals surface area contributed by atoms with E-state index >= 15 is 0 Å². The van der Waals surface area contributed by atoms with Crippen molar-refractivity contribution in [2.45, 2.75) is 0 Å². The lowest BCUT2D eigenvalue weighted by molar-refractivity contribution is 0.0924. The molecule has 8 nitrogen and oxygen atoms in total. The first-order chi connectivity index (χ1) is 12.8. The molecule has 1 fully saturated rings. The number of hydrogen-bond acceptors (Lipinski definition) is 6. The number of carbonyl (C=O) groups excluding carboxylic acids is 1. The third kappa shape index (κ3) is 3.77. The Labute approximate surface area is 161 Å². The number of anilines is 2. The third-order valence-corrected chi connectivity index (χ3v) is 5.14. The van der Waals surface area contributed by atoms with Crippen molar-refractivity contribution in [3.05, 3.63) is 55.7 Å². The molecule has 0 atom stereocenters. The van der Waals surface area contributed by atoms with Crippen molar-refractivity contribution in [3.8, 4) is 0 Å². The van der Waals surface area contributed by atoms with E-state index in [-0.39, 0.29) is 23.7 Å². The van der Waals surface area contributed by atoms with Crippen molar-refractivity contribution in [2.24, 2.45) is 14.1 Å². The number of aromatic nitrogens is 2. The molecule has 0 radical (unpaired) electrons. The first-order valence-corrected chi connectivity index (χ1v) is 8.99. The fourth-order valence-electron chi connectivity index (χ4n) is 3.24. The Morgan fingerprint density at radius 1 is 1.11 bits per heavy atom. The number of Topliss-reactive ketones (excluding diaryl/α,β-unsaturated/α-hetero) is 1. The Hall–Kier alpha value is -2.58. The van der Waals surface area contributed by atoms with E-state index < -0.39 is 11.2 Å². The zero-order chi connectivity index (χ0) is 19.7. The van der Waals surface area contributed by atoms with Crippen LogP contribution in [-0.4, -0.2) is 52.5 Å². The number of halogens is 1. The Bertz CT molecular complexity index is 989. The van der Waals surface area contributed by atoms with Crippen LogP contribution in [0.25, 0.3) is 0 Å². The van der Waals surface area contributed by atoms with E-state index in [1.54, 1.807) is 0 Å². The van der Waals surface area contributed by atoms with Crippen LogP contribution >= 0.6 is 11.6 Å². The number of hydrogen-bond donors (Lipinski definition) is 1. The van der Waals surface area contributed by atoms with Crippen LogP contribution in [0.4, 0.5) is 11.5 Å². The second kappa shape index (κ2) is 7.58. The molecule has 0 amide bonds. The maximum atomic E-state index is 12.7. The molecule has 1 aliphatic heterocycles. The Kier molecular flexibility index (Phi) is 5.38. The smallest absolute Gasteiger partial charge is 0.332 e. The summed E-state index contributed by atoms with van der Waals surface area (Å²) < 4.78 is 2.02. The topological polar surface area (TPSA) is 93.6 Å². The van der Waals surface area contributed by atoms with Crippen LogP contribution < -0.4 is 21.9 Å². The molecule has 3 rings (SSSR count). The van der Waals surface area contributed by atoms with Gasteiger partial charge in [0, 0.05) is 51.0 Å². The highest BCUT2D eigenvalue weighted by Crippen LogP contribution is 2.20. The Morgan fingerprint density at radius 2 is 1.78 bits per heavy atom. The molecule has 2 heterocycles. The number of benzene rings is 1. The molecule has 1 aliphatic rings. The van der Waals surface area contributed by atoms with E-state index in [2.05, 4.69) is 4.90 Å². The van der Waals surface area contributed by atoms with Gasteiger partial charge in [0.25, 0.3) is 5.56 Å². The average molecular weight is 392 g/mol. The third-order valence-electron chi connectivity index (χ3n) is 4.90. The largest absolute Gasteiger partial charge is 0.384 e. The lowest BCUT2D eigenvalue weighted by atomic mass is 10.1. The van der Waals surface area contributed by atoms with Crippen LogP contribution in [0, 0.1) is 0 Å². The summed E-state index contributed by atoms with van der Waals surface area (Å²) in [7, 11) is 2.78. The molecule has 2 N–H and O–H groups in total. The average Bonchev–Trinajstić information content (AvgIpc) is 2.65. The van der Waals surface area contributed by atoms with E-state index in [9.17, 15) is 14.4 Å². The van der Waals surface area contributed by atoms with Gasteiger partial charge in [-0.3, -0.25) is 23.6 Å². The van der Waals surface area contributed by atoms with Crippen LogP contribution in [0.15, 0.2) is 33.9 Å². The summed E-state index contributed by atoms with van der Waals surface area (Å²) in [4.78, 5) is 41.1. The van der Waals surface area contributed by atoms with Gasteiger partial charge < -0.3 is 10.6 Å². The van der Waals surface area contributed by atoms with Crippen molar-refractivity contribution < 1.29 is 4.79 Å². The van der Waals surface area contributed by atoms with Gasteiger partial charge in [0.05, 0.1) is 6.54 Å². The standard InChI is InChI=1S/C18H22ClN5O3/c1-21-16(20)15(17(26)22(2)18(21)27)14(25)11-23-6-8-24(9-7-23)13-5-3-4-12(19)10-13/h3-5,10H,6-9,11,20H2,1-2H3. The lowest BCUT2D eigenvalue weighted by Crippen LogP contribution is -2.49. The molecule has 1 saturated heterocycles. The zero-order valence-electron chi connectivity index (χ0n) is 15.3. The summed E-state index contributed by atoms with van der Waals surface area (Å²) in [5.41, 5.74) is 5.57. The molecule has 0 aliphatic carbocycles. The highest BCUT2D eigenvalue weighted by atomic mass is 35.5. The van der Waals surface area contributed by atoms with Gasteiger partial charge >= 0.3 is 5.69 Å². The quantitative estimate of drug-likeness (QED) is 0.755. The van der Waals surface area contributed by atoms with Gasteiger partial charge in [-0.15, -0.1) is 0 Å². The van der Waals surface area contributed by atoms with Crippen molar-refractivity contribution in [2.75, 3.05) is 43.4 Å². The number of piperazine rings is 1. The van der Waals surface area contributed by atoms with E-state index in [4.69, 9.17) is 17.3 Å². The zero-order valence-corrected chi connectivity index (χ0v) is 16.1. The summed E-state index contributed by atoms with van der Waals surface area (Å²) in [5, 5.41) is 0.686. The second-order valence-corrected chi connectivity index (χ2v) is 7.07. The van der Waals surface area contributed by atoms with Crippen LogP contribution in [0.1, 0.15) is 10.4 Å². The number of nitrogen functional groups attached to an aromatic ring is 1. The number of carbonyl (C=O) groups is 1. The SMILES string of the molecule is Cn1c(N)c(C(=O)CN2CCN(c3cccc(Cl)c3)CC2)c(=O)n(C)c1=O. The molecule has 0 bridgehead atoms. The van der Waals surface area contributed by atoms with Gasteiger partial charge in [-0.05, 0) is 18.2 Å².